The van der Waals surface area contributed by atoms with Gasteiger partial charge >= 0.3 is 0 Å². The molecule has 0 aliphatic heterocycles. The molecular weight excluding hydrogens is 198 g/mol. The summed E-state index contributed by atoms with van der Waals surface area (Å²) in [4.78, 5) is 19.9. The average Bonchev–Trinajstić information content (AvgIpc) is 2.77. The van der Waals surface area contributed by atoms with Gasteiger partial charge in [0.2, 0.25) is 0 Å². The van der Waals surface area contributed by atoms with Gasteiger partial charge in [-0.15, -0.1) is 11.3 Å². The maximum absolute atomic E-state index is 10.6. The van der Waals surface area contributed by atoms with Crippen LogP contribution in [0.4, 0.5) is 0 Å². The fourth-order valence-electron chi connectivity index (χ4n) is 1.19. The van der Waals surface area contributed by atoms with Crippen LogP contribution in [-0.4, -0.2) is 20.8 Å². The zero-order valence-electron chi connectivity index (χ0n) is 7.67. The summed E-state index contributed by atoms with van der Waals surface area (Å²) in [6.07, 6.45) is 4.02. The smallest absolute Gasteiger partial charge is 0.168 e. The predicted molar refractivity (Wildman–Crippen MR) is 53.6 cm³/mol. The molecule has 0 amide bonds. The first-order valence-electron chi connectivity index (χ1n) is 4.15. The van der Waals surface area contributed by atoms with Crippen LogP contribution in [0.5, 0.6) is 0 Å². The third-order valence-corrected chi connectivity index (χ3v) is 2.94. The molecule has 4 nitrogen and oxygen atoms in total. The standard InChI is InChI=1S/C9H9N3OS/c1-7-9(14-6-11-7)3-12-5-10-2-8(12)4-13/h2,4-6H,3H2,1H3. The second kappa shape index (κ2) is 3.71. The van der Waals surface area contributed by atoms with Gasteiger partial charge in [0.1, 0.15) is 5.69 Å². The molecule has 5 heteroatoms. The molecule has 0 spiro atoms. The van der Waals surface area contributed by atoms with Crippen LogP contribution in [0.25, 0.3) is 0 Å². The van der Waals surface area contributed by atoms with Gasteiger partial charge in [0, 0.05) is 4.88 Å². The lowest BCUT2D eigenvalue weighted by Crippen LogP contribution is -2.01. The summed E-state index contributed by atoms with van der Waals surface area (Å²) < 4.78 is 1.81. The molecule has 14 heavy (non-hydrogen) atoms. The summed E-state index contributed by atoms with van der Waals surface area (Å²) >= 11 is 1.59. The van der Waals surface area contributed by atoms with Crippen LogP contribution in [0.15, 0.2) is 18.0 Å². The van der Waals surface area contributed by atoms with Crippen molar-refractivity contribution in [2.24, 2.45) is 0 Å². The van der Waals surface area contributed by atoms with E-state index in [1.54, 1.807) is 23.9 Å². The highest BCUT2D eigenvalue weighted by Gasteiger charge is 2.05. The van der Waals surface area contributed by atoms with Gasteiger partial charge in [-0.25, -0.2) is 9.97 Å². The first kappa shape index (κ1) is 9.08. The fourth-order valence-corrected chi connectivity index (χ4v) is 1.97. The number of carbonyl (C=O) groups excluding carboxylic acids is 1. The fraction of sp³-hybridized carbons (Fsp3) is 0.222. The van der Waals surface area contributed by atoms with E-state index in [1.165, 1.54) is 0 Å². The molecule has 0 saturated heterocycles. The highest BCUT2D eigenvalue weighted by Crippen LogP contribution is 2.14. The number of aldehydes is 1. The Labute approximate surface area is 85.2 Å². The summed E-state index contributed by atoms with van der Waals surface area (Å²) in [6, 6.07) is 0. The van der Waals surface area contributed by atoms with Crippen molar-refractivity contribution in [2.75, 3.05) is 0 Å². The van der Waals surface area contributed by atoms with E-state index in [1.807, 2.05) is 17.0 Å². The molecular formula is C9H9N3OS. The van der Waals surface area contributed by atoms with Gasteiger partial charge < -0.3 is 4.57 Å². The van der Waals surface area contributed by atoms with Gasteiger partial charge in [-0.2, -0.15) is 0 Å². The minimum Gasteiger partial charge on any atom is -0.323 e. The number of rotatable bonds is 3. The largest absolute Gasteiger partial charge is 0.323 e. The zero-order chi connectivity index (χ0) is 9.97. The van der Waals surface area contributed by atoms with Crippen molar-refractivity contribution in [3.63, 3.8) is 0 Å². The van der Waals surface area contributed by atoms with Crippen LogP contribution >= 0.6 is 11.3 Å². The van der Waals surface area contributed by atoms with Crippen molar-refractivity contribution >= 4 is 17.6 Å². The highest BCUT2D eigenvalue weighted by molar-refractivity contribution is 7.09. The third-order valence-electron chi connectivity index (χ3n) is 2.02. The molecule has 0 aliphatic carbocycles. The molecule has 0 aromatic carbocycles. The second-order valence-electron chi connectivity index (χ2n) is 2.93. The summed E-state index contributed by atoms with van der Waals surface area (Å²) in [6.45, 7) is 2.63. The van der Waals surface area contributed by atoms with E-state index in [9.17, 15) is 4.79 Å². The molecule has 0 fully saturated rings. The van der Waals surface area contributed by atoms with Crippen LogP contribution in [0.3, 0.4) is 0 Å². The van der Waals surface area contributed by atoms with Gasteiger partial charge in [-0.05, 0) is 6.92 Å². The highest BCUT2D eigenvalue weighted by atomic mass is 32.1. The molecule has 2 aromatic heterocycles. The third kappa shape index (κ3) is 1.58. The lowest BCUT2D eigenvalue weighted by atomic mass is 10.4. The van der Waals surface area contributed by atoms with E-state index in [0.29, 0.717) is 12.2 Å². The molecule has 0 radical (unpaired) electrons. The zero-order valence-corrected chi connectivity index (χ0v) is 8.49. The Morgan fingerprint density at radius 1 is 1.64 bits per heavy atom. The quantitative estimate of drug-likeness (QED) is 0.717. The first-order valence-corrected chi connectivity index (χ1v) is 5.03. The molecule has 2 aromatic rings. The second-order valence-corrected chi connectivity index (χ2v) is 3.86. The number of imidazole rings is 1. The molecule has 0 unspecified atom stereocenters. The molecule has 72 valence electrons. The summed E-state index contributed by atoms with van der Waals surface area (Å²) in [7, 11) is 0. The number of aryl methyl sites for hydroxylation is 1. The van der Waals surface area contributed by atoms with Gasteiger partial charge in [0.25, 0.3) is 0 Å². The van der Waals surface area contributed by atoms with Crippen LogP contribution < -0.4 is 0 Å². The predicted octanol–water partition coefficient (Wildman–Crippen LogP) is 1.51. The maximum atomic E-state index is 10.6. The molecule has 0 saturated carbocycles. The summed E-state index contributed by atoms with van der Waals surface area (Å²) in [5.74, 6) is 0. The molecule has 0 atom stereocenters. The Hall–Kier alpha value is -1.49. The number of nitrogens with zero attached hydrogens (tertiary/aromatic N) is 3. The van der Waals surface area contributed by atoms with E-state index >= 15 is 0 Å². The molecule has 0 aliphatic rings. The Morgan fingerprint density at radius 3 is 3.14 bits per heavy atom. The van der Waals surface area contributed by atoms with Crippen molar-refractivity contribution in [2.45, 2.75) is 13.5 Å². The SMILES string of the molecule is Cc1ncsc1Cn1cncc1C=O. The van der Waals surface area contributed by atoms with Crippen LogP contribution in [0, 0.1) is 6.92 Å². The Kier molecular flexibility index (Phi) is 2.41. The van der Waals surface area contributed by atoms with Crippen molar-refractivity contribution in [1.82, 2.24) is 14.5 Å². The lowest BCUT2D eigenvalue weighted by Gasteiger charge is -2.01. The van der Waals surface area contributed by atoms with E-state index in [0.717, 1.165) is 16.9 Å². The van der Waals surface area contributed by atoms with E-state index in [2.05, 4.69) is 9.97 Å². The van der Waals surface area contributed by atoms with Crippen LogP contribution in [-0.2, 0) is 6.54 Å². The van der Waals surface area contributed by atoms with Crippen molar-refractivity contribution in [1.29, 1.82) is 0 Å². The van der Waals surface area contributed by atoms with Gasteiger partial charge in [0.15, 0.2) is 6.29 Å². The number of aromatic nitrogens is 3. The Morgan fingerprint density at radius 2 is 2.50 bits per heavy atom. The normalized spacial score (nSPS) is 10.4. The van der Waals surface area contributed by atoms with Crippen molar-refractivity contribution < 1.29 is 4.79 Å². The molecule has 0 bridgehead atoms. The number of thiazole rings is 1. The van der Waals surface area contributed by atoms with Crippen molar-refractivity contribution in [3.05, 3.63) is 34.3 Å². The molecule has 0 N–H and O–H groups in total. The first-order chi connectivity index (χ1) is 6.81. The van der Waals surface area contributed by atoms with E-state index < -0.39 is 0 Å². The molecule has 2 heterocycles. The van der Waals surface area contributed by atoms with Crippen molar-refractivity contribution in [3.8, 4) is 0 Å². The summed E-state index contributed by atoms with van der Waals surface area (Å²) in [5.41, 5.74) is 3.42. The molecule has 2 rings (SSSR count). The monoisotopic (exact) mass is 207 g/mol. The summed E-state index contributed by atoms with van der Waals surface area (Å²) in [5, 5.41) is 0. The van der Waals surface area contributed by atoms with Gasteiger partial charge in [0.05, 0.1) is 30.3 Å². The van der Waals surface area contributed by atoms with E-state index in [-0.39, 0.29) is 0 Å². The number of hydrogen-bond acceptors (Lipinski definition) is 4. The minimum absolute atomic E-state index is 0.595. The van der Waals surface area contributed by atoms with Gasteiger partial charge in [-0.1, -0.05) is 0 Å². The lowest BCUT2D eigenvalue weighted by molar-refractivity contribution is 0.111. The van der Waals surface area contributed by atoms with E-state index in [4.69, 9.17) is 0 Å². The number of hydrogen-bond donors (Lipinski definition) is 0. The topological polar surface area (TPSA) is 47.8 Å². The minimum atomic E-state index is 0.595. The maximum Gasteiger partial charge on any atom is 0.168 e. The van der Waals surface area contributed by atoms with Crippen LogP contribution in [0.2, 0.25) is 0 Å². The Bertz CT molecular complexity index is 446. The van der Waals surface area contributed by atoms with Gasteiger partial charge in [-0.3, -0.25) is 4.79 Å². The van der Waals surface area contributed by atoms with Crippen LogP contribution in [0.1, 0.15) is 21.1 Å². The Balaban J connectivity index is 2.27. The number of carbonyl (C=O) groups is 1. The average molecular weight is 207 g/mol.